The van der Waals surface area contributed by atoms with Gasteiger partial charge in [-0.25, -0.2) is 14.0 Å². The van der Waals surface area contributed by atoms with Crippen molar-refractivity contribution < 1.29 is 28.2 Å². The number of carbonyl (C=O) groups excluding carboxylic acids is 2. The highest BCUT2D eigenvalue weighted by Crippen LogP contribution is 2.17. The largest absolute Gasteiger partial charge is 0.492 e. The summed E-state index contributed by atoms with van der Waals surface area (Å²) in [7, 11) is 1.18. The lowest BCUT2D eigenvalue weighted by atomic mass is 10.2. The number of esters is 1. The maximum atomic E-state index is 13.7. The maximum absolute atomic E-state index is 13.7. The van der Waals surface area contributed by atoms with Gasteiger partial charge in [0.05, 0.1) is 19.2 Å². The molecule has 1 amide bonds. The molecule has 0 aliphatic rings. The molecule has 0 heterocycles. The fraction of sp³-hybridized carbons (Fsp3) is 0.222. The Balaban J connectivity index is 1.69. The first kappa shape index (κ1) is 18.3. The van der Waals surface area contributed by atoms with Gasteiger partial charge in [0.1, 0.15) is 24.8 Å². The average molecular weight is 347 g/mol. The second-order valence-corrected chi connectivity index (χ2v) is 4.97. The minimum absolute atomic E-state index is 0.122. The van der Waals surface area contributed by atoms with Gasteiger partial charge in [0, 0.05) is 6.07 Å². The third-order valence-corrected chi connectivity index (χ3v) is 3.20. The van der Waals surface area contributed by atoms with Crippen LogP contribution in [0.2, 0.25) is 0 Å². The first-order valence-electron chi connectivity index (χ1n) is 7.55. The summed E-state index contributed by atoms with van der Waals surface area (Å²) in [6, 6.07) is 13.1. The minimum Gasteiger partial charge on any atom is -0.492 e. The molecule has 132 valence electrons. The van der Waals surface area contributed by atoms with Gasteiger partial charge >= 0.3 is 12.1 Å². The molecular weight excluding hydrogens is 329 g/mol. The third-order valence-electron chi connectivity index (χ3n) is 3.20. The summed E-state index contributed by atoms with van der Waals surface area (Å²) in [5.41, 5.74) is 0.715. The Bertz CT molecular complexity index is 721. The van der Waals surface area contributed by atoms with Crippen LogP contribution in [0.3, 0.4) is 0 Å². The van der Waals surface area contributed by atoms with Crippen molar-refractivity contribution in [2.75, 3.05) is 20.3 Å². The van der Waals surface area contributed by atoms with Gasteiger partial charge in [-0.2, -0.15) is 0 Å². The SMILES string of the molecule is COC(=O)c1ccc(OCCNC(=O)OCc2ccccc2)cc1F. The molecule has 7 heteroatoms. The van der Waals surface area contributed by atoms with Crippen molar-refractivity contribution in [2.24, 2.45) is 0 Å². The zero-order valence-corrected chi connectivity index (χ0v) is 13.7. The lowest BCUT2D eigenvalue weighted by Crippen LogP contribution is -2.28. The molecule has 0 radical (unpaired) electrons. The van der Waals surface area contributed by atoms with Crippen LogP contribution in [-0.2, 0) is 16.1 Å². The zero-order chi connectivity index (χ0) is 18.1. The van der Waals surface area contributed by atoms with E-state index in [1.807, 2.05) is 30.3 Å². The summed E-state index contributed by atoms with van der Waals surface area (Å²) in [4.78, 5) is 22.8. The van der Waals surface area contributed by atoms with Crippen molar-refractivity contribution in [2.45, 2.75) is 6.61 Å². The summed E-state index contributed by atoms with van der Waals surface area (Å²) in [5.74, 6) is -1.25. The van der Waals surface area contributed by atoms with E-state index in [0.717, 1.165) is 11.6 Å². The molecule has 0 aliphatic heterocycles. The van der Waals surface area contributed by atoms with E-state index in [9.17, 15) is 14.0 Å². The molecular formula is C18H18FNO5. The Labute approximate surface area is 144 Å². The van der Waals surface area contributed by atoms with Crippen LogP contribution in [0.15, 0.2) is 48.5 Å². The van der Waals surface area contributed by atoms with Crippen molar-refractivity contribution in [3.05, 3.63) is 65.5 Å². The van der Waals surface area contributed by atoms with Gasteiger partial charge in [-0.15, -0.1) is 0 Å². The zero-order valence-electron chi connectivity index (χ0n) is 13.7. The van der Waals surface area contributed by atoms with Gasteiger partial charge in [-0.3, -0.25) is 0 Å². The smallest absolute Gasteiger partial charge is 0.407 e. The van der Waals surface area contributed by atoms with Crippen molar-refractivity contribution in [3.63, 3.8) is 0 Å². The maximum Gasteiger partial charge on any atom is 0.407 e. The summed E-state index contributed by atoms with van der Waals surface area (Å²) < 4.78 is 28.5. The predicted molar refractivity (Wildman–Crippen MR) is 87.9 cm³/mol. The molecule has 0 aliphatic carbocycles. The molecule has 2 rings (SSSR count). The Morgan fingerprint density at radius 3 is 2.56 bits per heavy atom. The molecule has 0 bridgehead atoms. The number of ether oxygens (including phenoxy) is 3. The quantitative estimate of drug-likeness (QED) is 0.616. The molecule has 0 saturated carbocycles. The number of carbonyl (C=O) groups is 2. The molecule has 0 atom stereocenters. The van der Waals surface area contributed by atoms with Crippen LogP contribution in [0.4, 0.5) is 9.18 Å². The Morgan fingerprint density at radius 2 is 1.88 bits per heavy atom. The van der Waals surface area contributed by atoms with E-state index in [4.69, 9.17) is 9.47 Å². The van der Waals surface area contributed by atoms with E-state index in [0.29, 0.717) is 0 Å². The number of alkyl carbamates (subject to hydrolysis) is 1. The fourth-order valence-electron chi connectivity index (χ4n) is 1.96. The third kappa shape index (κ3) is 5.80. The molecule has 0 saturated heterocycles. The van der Waals surface area contributed by atoms with Crippen LogP contribution >= 0.6 is 0 Å². The second-order valence-electron chi connectivity index (χ2n) is 4.97. The molecule has 0 unspecified atom stereocenters. The van der Waals surface area contributed by atoms with Gasteiger partial charge in [-0.1, -0.05) is 30.3 Å². The van der Waals surface area contributed by atoms with E-state index in [1.54, 1.807) is 0 Å². The Morgan fingerprint density at radius 1 is 1.12 bits per heavy atom. The number of hydrogen-bond acceptors (Lipinski definition) is 5. The molecule has 0 fully saturated rings. The number of rotatable bonds is 7. The summed E-state index contributed by atoms with van der Waals surface area (Å²) in [5, 5.41) is 2.52. The second kappa shape index (κ2) is 9.27. The standard InChI is InChI=1S/C18H18FNO5/c1-23-17(21)15-8-7-14(11-16(15)19)24-10-9-20-18(22)25-12-13-5-3-2-4-6-13/h2-8,11H,9-10,12H2,1H3,(H,20,22). The number of amides is 1. The van der Waals surface area contributed by atoms with Gasteiger partial charge in [0.15, 0.2) is 0 Å². The van der Waals surface area contributed by atoms with E-state index < -0.39 is 17.9 Å². The first-order valence-corrected chi connectivity index (χ1v) is 7.55. The number of benzene rings is 2. The molecule has 0 spiro atoms. The minimum atomic E-state index is -0.758. The van der Waals surface area contributed by atoms with Gasteiger partial charge < -0.3 is 19.5 Å². The van der Waals surface area contributed by atoms with E-state index in [2.05, 4.69) is 10.1 Å². The Hall–Kier alpha value is -3.09. The molecule has 2 aromatic carbocycles. The first-order chi connectivity index (χ1) is 12.1. The van der Waals surface area contributed by atoms with Crippen molar-refractivity contribution in [1.29, 1.82) is 0 Å². The van der Waals surface area contributed by atoms with Gasteiger partial charge in [0.2, 0.25) is 0 Å². The molecule has 1 N–H and O–H groups in total. The average Bonchev–Trinajstić information content (AvgIpc) is 2.64. The topological polar surface area (TPSA) is 73.9 Å². The van der Waals surface area contributed by atoms with Gasteiger partial charge in [-0.05, 0) is 17.7 Å². The molecule has 0 aromatic heterocycles. The highest BCUT2D eigenvalue weighted by atomic mass is 19.1. The summed E-state index contributed by atoms with van der Waals surface area (Å²) >= 11 is 0. The van der Waals surface area contributed by atoms with Crippen LogP contribution in [0.5, 0.6) is 5.75 Å². The molecule has 25 heavy (non-hydrogen) atoms. The van der Waals surface area contributed by atoms with Crippen LogP contribution in [0.1, 0.15) is 15.9 Å². The fourth-order valence-corrected chi connectivity index (χ4v) is 1.96. The van der Waals surface area contributed by atoms with E-state index in [-0.39, 0.29) is 31.1 Å². The number of hydrogen-bond donors (Lipinski definition) is 1. The normalized spacial score (nSPS) is 10.0. The molecule has 6 nitrogen and oxygen atoms in total. The monoisotopic (exact) mass is 347 g/mol. The van der Waals surface area contributed by atoms with E-state index in [1.165, 1.54) is 19.2 Å². The Kier molecular flexibility index (Phi) is 6.76. The van der Waals surface area contributed by atoms with Gasteiger partial charge in [0.25, 0.3) is 0 Å². The van der Waals surface area contributed by atoms with Crippen molar-refractivity contribution in [3.8, 4) is 5.75 Å². The van der Waals surface area contributed by atoms with Crippen molar-refractivity contribution in [1.82, 2.24) is 5.32 Å². The van der Waals surface area contributed by atoms with Crippen LogP contribution < -0.4 is 10.1 Å². The lowest BCUT2D eigenvalue weighted by molar-refractivity contribution is 0.0595. The number of nitrogens with one attached hydrogen (secondary N) is 1. The van der Waals surface area contributed by atoms with E-state index >= 15 is 0 Å². The van der Waals surface area contributed by atoms with Crippen LogP contribution in [-0.4, -0.2) is 32.3 Å². The highest BCUT2D eigenvalue weighted by molar-refractivity contribution is 5.89. The predicted octanol–water partition coefficient (Wildman–Crippen LogP) is 2.92. The van der Waals surface area contributed by atoms with Crippen LogP contribution in [0.25, 0.3) is 0 Å². The lowest BCUT2D eigenvalue weighted by Gasteiger charge is -2.09. The summed E-state index contributed by atoms with van der Waals surface area (Å²) in [6.07, 6.45) is -0.570. The number of halogens is 1. The molecule has 2 aromatic rings. The van der Waals surface area contributed by atoms with Crippen LogP contribution in [0, 0.1) is 5.82 Å². The van der Waals surface area contributed by atoms with Crippen molar-refractivity contribution >= 4 is 12.1 Å². The summed E-state index contributed by atoms with van der Waals surface area (Å²) in [6.45, 7) is 0.485. The highest BCUT2D eigenvalue weighted by Gasteiger charge is 2.12. The number of methoxy groups -OCH3 is 1.